The number of carbonyl (C=O) groups excluding carboxylic acids is 1. The van der Waals surface area contributed by atoms with Crippen LogP contribution in [-0.2, 0) is 4.79 Å². The second kappa shape index (κ2) is 18.8. The molecule has 10 heteroatoms. The first-order valence-corrected chi connectivity index (χ1v) is 23.9. The Hall–Kier alpha value is -1.55. The molecule has 4 rings (SSSR count). The number of amides is 3. The van der Waals surface area contributed by atoms with E-state index in [-0.39, 0.29) is 5.91 Å². The lowest BCUT2D eigenvalue weighted by molar-refractivity contribution is -0.131. The third-order valence-electron chi connectivity index (χ3n) is 15.1. The van der Waals surface area contributed by atoms with Crippen LogP contribution in [-0.4, -0.2) is 68.4 Å². The molecule has 3 fully saturated rings. The quantitative estimate of drug-likeness (QED) is 0.0584. The van der Waals surface area contributed by atoms with E-state index >= 15 is 0 Å². The van der Waals surface area contributed by atoms with Crippen molar-refractivity contribution in [2.24, 2.45) is 52.3 Å². The van der Waals surface area contributed by atoms with Gasteiger partial charge in [-0.2, -0.15) is 0 Å². The van der Waals surface area contributed by atoms with Crippen LogP contribution in [0, 0.1) is 52.3 Å². The predicted octanol–water partition coefficient (Wildman–Crippen LogP) is 11.5. The highest BCUT2D eigenvalue weighted by Gasteiger charge is 2.59. The molecular formula is C44H77N3O5S2. The highest BCUT2D eigenvalue weighted by Crippen LogP contribution is 2.67. The van der Waals surface area contributed by atoms with Gasteiger partial charge in [0.25, 0.3) is 0 Å². The topological polar surface area (TPSA) is 119 Å². The fraction of sp³-hybridized carbons (Fsp3) is 0.886. The molecule has 0 aromatic carbocycles. The van der Waals surface area contributed by atoms with Gasteiger partial charge >= 0.3 is 12.2 Å². The number of hydrogen-bond donors (Lipinski definition) is 4. The fourth-order valence-electron chi connectivity index (χ4n) is 11.7. The van der Waals surface area contributed by atoms with E-state index in [0.29, 0.717) is 48.4 Å². The average molecular weight is 792 g/mol. The number of allylic oxidation sites excluding steroid dienone is 2. The van der Waals surface area contributed by atoms with Gasteiger partial charge in [0.05, 0.1) is 0 Å². The number of nitrogens with one attached hydrogen (secondary N) is 2. The minimum Gasteiger partial charge on any atom is -0.465 e. The Kier molecular flexibility index (Phi) is 15.7. The summed E-state index contributed by atoms with van der Waals surface area (Å²) in [6.07, 6.45) is 16.6. The molecule has 4 aliphatic carbocycles. The molecule has 54 heavy (non-hydrogen) atoms. The molecule has 8 nitrogen and oxygen atoms in total. The minimum atomic E-state index is -1.09. The standard InChI is InChI=1S/C44H77N3O5S2/c1-11-31(29(2)3)13-12-30(4)35-16-17-36-34-15-14-32-28-33(18-21-43(32,9)37(34)19-22-44(35,36)10)54-53-27-20-38(48)47(25-23-41(5,6)45-39(49)50)26-24-42(7,8)46-40(51)52/h14,29-31,33-37,45-46H,11-13,15-28H2,1-10H3,(H,49,50)(H,51,52)/t30?,31?,33-,34-,35+,36-,37-,43-,44+/m0/s1. The van der Waals surface area contributed by atoms with E-state index in [1.165, 1.54) is 70.6 Å². The highest BCUT2D eigenvalue weighted by atomic mass is 33.1. The smallest absolute Gasteiger partial charge is 0.405 e. The van der Waals surface area contributed by atoms with Crippen molar-refractivity contribution in [2.45, 2.75) is 175 Å². The maximum atomic E-state index is 13.5. The van der Waals surface area contributed by atoms with Crippen LogP contribution in [0.3, 0.4) is 0 Å². The molecule has 3 saturated carbocycles. The Morgan fingerprint density at radius 3 is 2.11 bits per heavy atom. The number of rotatable bonds is 19. The molecule has 0 aromatic rings. The van der Waals surface area contributed by atoms with Crippen molar-refractivity contribution >= 4 is 39.7 Å². The Labute approximate surface area is 336 Å². The zero-order chi connectivity index (χ0) is 40.1. The highest BCUT2D eigenvalue weighted by molar-refractivity contribution is 8.76. The molecule has 0 bridgehead atoms. The predicted molar refractivity (Wildman–Crippen MR) is 227 cm³/mol. The van der Waals surface area contributed by atoms with Crippen molar-refractivity contribution < 1.29 is 24.6 Å². The fourth-order valence-corrected chi connectivity index (χ4v) is 14.3. The van der Waals surface area contributed by atoms with Gasteiger partial charge in [-0.25, -0.2) is 9.59 Å². The van der Waals surface area contributed by atoms with E-state index in [4.69, 9.17) is 0 Å². The normalized spacial score (nSPS) is 30.7. The van der Waals surface area contributed by atoms with Crippen molar-refractivity contribution in [3.05, 3.63) is 11.6 Å². The molecule has 0 heterocycles. The van der Waals surface area contributed by atoms with Crippen LogP contribution < -0.4 is 10.6 Å². The molecule has 310 valence electrons. The Morgan fingerprint density at radius 2 is 1.54 bits per heavy atom. The Bertz CT molecular complexity index is 1290. The maximum Gasteiger partial charge on any atom is 0.405 e. The van der Waals surface area contributed by atoms with E-state index in [0.717, 1.165) is 47.2 Å². The monoisotopic (exact) mass is 792 g/mol. The molecule has 2 unspecified atom stereocenters. The number of carboxylic acid groups (broad SMARTS) is 2. The van der Waals surface area contributed by atoms with Gasteiger partial charge in [0.2, 0.25) is 5.91 Å². The van der Waals surface area contributed by atoms with Crippen molar-refractivity contribution in [3.8, 4) is 0 Å². The van der Waals surface area contributed by atoms with Crippen LogP contribution in [0.25, 0.3) is 0 Å². The minimum absolute atomic E-state index is 0.0335. The largest absolute Gasteiger partial charge is 0.465 e. The first-order valence-electron chi connectivity index (χ1n) is 21.5. The van der Waals surface area contributed by atoms with Gasteiger partial charge in [0.1, 0.15) is 0 Å². The third kappa shape index (κ3) is 11.3. The molecule has 3 amide bonds. The van der Waals surface area contributed by atoms with Crippen LogP contribution in [0.1, 0.15) is 159 Å². The molecule has 0 spiro atoms. The maximum absolute atomic E-state index is 13.5. The average Bonchev–Trinajstić information content (AvgIpc) is 3.42. The van der Waals surface area contributed by atoms with Gasteiger partial charge in [0, 0.05) is 41.6 Å². The summed E-state index contributed by atoms with van der Waals surface area (Å²) in [6, 6.07) is 0. The molecule has 0 aliphatic heterocycles. The first kappa shape index (κ1) is 45.2. The summed E-state index contributed by atoms with van der Waals surface area (Å²) in [5.74, 6) is 6.68. The number of carbonyl (C=O) groups is 3. The van der Waals surface area contributed by atoms with Gasteiger partial charge in [-0.1, -0.05) is 87.6 Å². The Morgan fingerprint density at radius 1 is 0.907 bits per heavy atom. The lowest BCUT2D eigenvalue weighted by Crippen LogP contribution is -2.50. The van der Waals surface area contributed by atoms with Crippen molar-refractivity contribution in [1.82, 2.24) is 15.5 Å². The van der Waals surface area contributed by atoms with E-state index in [9.17, 15) is 24.6 Å². The summed E-state index contributed by atoms with van der Waals surface area (Å²) >= 11 is 0. The van der Waals surface area contributed by atoms with E-state index < -0.39 is 23.3 Å². The summed E-state index contributed by atoms with van der Waals surface area (Å²) in [5.41, 5.74) is 1.19. The third-order valence-corrected chi connectivity index (χ3v) is 18.0. The first-order chi connectivity index (χ1) is 25.2. The molecule has 0 saturated heterocycles. The Balaban J connectivity index is 1.29. The van der Waals surface area contributed by atoms with Gasteiger partial charge < -0.3 is 25.7 Å². The summed E-state index contributed by atoms with van der Waals surface area (Å²) in [7, 11) is 3.78. The molecular weight excluding hydrogens is 715 g/mol. The second-order valence-electron chi connectivity index (χ2n) is 20.0. The van der Waals surface area contributed by atoms with Crippen LogP contribution in [0.5, 0.6) is 0 Å². The molecule has 0 aromatic heterocycles. The molecule has 0 radical (unpaired) electrons. The van der Waals surface area contributed by atoms with Crippen molar-refractivity contribution in [3.63, 3.8) is 0 Å². The zero-order valence-corrected chi connectivity index (χ0v) is 37.2. The van der Waals surface area contributed by atoms with Crippen molar-refractivity contribution in [1.29, 1.82) is 0 Å². The second-order valence-corrected chi connectivity index (χ2v) is 22.8. The summed E-state index contributed by atoms with van der Waals surface area (Å²) < 4.78 is 0. The van der Waals surface area contributed by atoms with Crippen LogP contribution in [0.4, 0.5) is 9.59 Å². The number of hydrogen-bond acceptors (Lipinski definition) is 5. The van der Waals surface area contributed by atoms with Gasteiger partial charge in [-0.3, -0.25) is 4.79 Å². The van der Waals surface area contributed by atoms with E-state index in [1.54, 1.807) is 10.5 Å². The van der Waals surface area contributed by atoms with Crippen LogP contribution in [0.15, 0.2) is 11.6 Å². The number of nitrogens with zero attached hydrogens (tertiary/aromatic N) is 1. The van der Waals surface area contributed by atoms with E-state index in [1.807, 2.05) is 49.3 Å². The van der Waals surface area contributed by atoms with Gasteiger partial charge in [0.15, 0.2) is 0 Å². The van der Waals surface area contributed by atoms with Crippen LogP contribution >= 0.6 is 21.6 Å². The summed E-state index contributed by atoms with van der Waals surface area (Å²) in [5, 5.41) is 24.2. The van der Waals surface area contributed by atoms with E-state index in [2.05, 4.69) is 58.3 Å². The van der Waals surface area contributed by atoms with Crippen LogP contribution in [0.2, 0.25) is 0 Å². The van der Waals surface area contributed by atoms with Gasteiger partial charge in [-0.15, -0.1) is 0 Å². The van der Waals surface area contributed by atoms with Crippen molar-refractivity contribution in [2.75, 3.05) is 18.8 Å². The SMILES string of the molecule is CCC(CCC(C)[C@H]1CC[C@H]2[C@@H]3CC=C4C[C@@H](SSCCC(=O)N(CCC(C)(C)NC(=O)O)CCC(C)(C)NC(=O)O)CC[C@]4(C)[C@H]3CC[C@]12C)C(C)C. The lowest BCUT2D eigenvalue weighted by Gasteiger charge is -2.58. The zero-order valence-electron chi connectivity index (χ0n) is 35.6. The molecule has 4 N–H and O–H groups in total. The summed E-state index contributed by atoms with van der Waals surface area (Å²) in [6.45, 7) is 23.2. The molecule has 9 atom stereocenters. The molecule has 4 aliphatic rings. The lowest BCUT2D eigenvalue weighted by atomic mass is 9.47. The van der Waals surface area contributed by atoms with Gasteiger partial charge in [-0.05, 0) is 151 Å². The number of fused-ring (bicyclic) bond motifs is 5. The summed E-state index contributed by atoms with van der Waals surface area (Å²) in [4.78, 5) is 37.9.